The highest BCUT2D eigenvalue weighted by Gasteiger charge is 2.17. The molecular formula is C8H12N2O3. The first-order valence-electron chi connectivity index (χ1n) is 3.94. The fraction of sp³-hybridized carbons (Fsp3) is 0.500. The minimum atomic E-state index is -0.260. The van der Waals surface area contributed by atoms with Gasteiger partial charge in [0.15, 0.2) is 0 Å². The third-order valence-corrected chi connectivity index (χ3v) is 1.72. The van der Waals surface area contributed by atoms with Gasteiger partial charge >= 0.3 is 0 Å². The van der Waals surface area contributed by atoms with Crippen molar-refractivity contribution < 1.29 is 14.4 Å². The minimum absolute atomic E-state index is 0.0601. The summed E-state index contributed by atoms with van der Waals surface area (Å²) in [5.41, 5.74) is 0.704. The summed E-state index contributed by atoms with van der Waals surface area (Å²) in [6.45, 7) is 1.98. The summed E-state index contributed by atoms with van der Waals surface area (Å²) in [4.78, 5) is 12.9. The zero-order valence-electron chi connectivity index (χ0n) is 7.65. The summed E-state index contributed by atoms with van der Waals surface area (Å²) in [6.07, 6.45) is 1.49. The lowest BCUT2D eigenvalue weighted by atomic mass is 10.3. The molecule has 0 saturated carbocycles. The van der Waals surface area contributed by atoms with Gasteiger partial charge in [-0.1, -0.05) is 5.16 Å². The first-order valence-corrected chi connectivity index (χ1v) is 3.94. The lowest BCUT2D eigenvalue weighted by Crippen LogP contribution is -2.29. The molecule has 0 radical (unpaired) electrons. The molecule has 0 aromatic carbocycles. The van der Waals surface area contributed by atoms with Crippen LogP contribution >= 0.6 is 0 Å². The molecule has 0 atom stereocenters. The Morgan fingerprint density at radius 3 is 2.92 bits per heavy atom. The number of aliphatic hydroxyl groups excluding tert-OH is 1. The summed E-state index contributed by atoms with van der Waals surface area (Å²) in [7, 11) is 1.60. The standard InChI is InChI=1S/C8H12N2O3/c1-6-5-9-13-7(6)8(12)10(2)3-4-11/h5,11H,3-4H2,1-2H3. The Kier molecular flexibility index (Phi) is 3.02. The van der Waals surface area contributed by atoms with E-state index in [0.717, 1.165) is 0 Å². The van der Waals surface area contributed by atoms with Crippen LogP contribution in [-0.2, 0) is 0 Å². The van der Waals surface area contributed by atoms with Crippen LogP contribution in [0.25, 0.3) is 0 Å². The predicted octanol–water partition coefficient (Wildman–Crippen LogP) is 0.0473. The van der Waals surface area contributed by atoms with Crippen molar-refractivity contribution in [3.8, 4) is 0 Å². The lowest BCUT2D eigenvalue weighted by Gasteiger charge is -2.13. The summed E-state index contributed by atoms with van der Waals surface area (Å²) in [5.74, 6) is -0.0278. The van der Waals surface area contributed by atoms with Gasteiger partial charge in [-0.25, -0.2) is 0 Å². The molecule has 1 aromatic heterocycles. The molecule has 1 aromatic rings. The van der Waals surface area contributed by atoms with Gasteiger partial charge in [0, 0.05) is 19.2 Å². The van der Waals surface area contributed by atoms with Crippen LogP contribution in [0, 0.1) is 6.92 Å². The quantitative estimate of drug-likeness (QED) is 0.720. The Bertz CT molecular complexity index is 295. The second kappa shape index (κ2) is 4.04. The van der Waals surface area contributed by atoms with Gasteiger partial charge in [-0.05, 0) is 6.92 Å². The fourth-order valence-electron chi connectivity index (χ4n) is 0.921. The number of aliphatic hydroxyl groups is 1. The van der Waals surface area contributed by atoms with Gasteiger partial charge in [0.2, 0.25) is 5.76 Å². The molecular weight excluding hydrogens is 172 g/mol. The van der Waals surface area contributed by atoms with Crippen LogP contribution in [0.3, 0.4) is 0 Å². The van der Waals surface area contributed by atoms with Gasteiger partial charge in [0.1, 0.15) is 0 Å². The normalized spacial score (nSPS) is 10.1. The zero-order valence-corrected chi connectivity index (χ0v) is 7.65. The molecule has 0 aliphatic carbocycles. The van der Waals surface area contributed by atoms with Crippen molar-refractivity contribution in [1.29, 1.82) is 0 Å². The maximum absolute atomic E-state index is 11.5. The number of carbonyl (C=O) groups is 1. The van der Waals surface area contributed by atoms with Gasteiger partial charge in [-0.3, -0.25) is 4.79 Å². The summed E-state index contributed by atoms with van der Waals surface area (Å²) >= 11 is 0. The van der Waals surface area contributed by atoms with Crippen molar-refractivity contribution in [1.82, 2.24) is 10.1 Å². The largest absolute Gasteiger partial charge is 0.395 e. The van der Waals surface area contributed by atoms with E-state index in [1.54, 1.807) is 14.0 Å². The van der Waals surface area contributed by atoms with Crippen molar-refractivity contribution in [2.75, 3.05) is 20.2 Å². The van der Waals surface area contributed by atoms with E-state index >= 15 is 0 Å². The molecule has 13 heavy (non-hydrogen) atoms. The van der Waals surface area contributed by atoms with Crippen LogP contribution in [0.2, 0.25) is 0 Å². The molecule has 0 fully saturated rings. The van der Waals surface area contributed by atoms with Crippen molar-refractivity contribution in [2.45, 2.75) is 6.92 Å². The molecule has 0 aliphatic heterocycles. The van der Waals surface area contributed by atoms with E-state index in [4.69, 9.17) is 9.63 Å². The maximum atomic E-state index is 11.5. The third-order valence-electron chi connectivity index (χ3n) is 1.72. The topological polar surface area (TPSA) is 66.6 Å². The highest BCUT2D eigenvalue weighted by Crippen LogP contribution is 2.08. The van der Waals surface area contributed by atoms with Crippen LogP contribution in [0.4, 0.5) is 0 Å². The van der Waals surface area contributed by atoms with Gasteiger partial charge in [0.25, 0.3) is 5.91 Å². The molecule has 0 unspecified atom stereocenters. The van der Waals surface area contributed by atoms with Crippen LogP contribution in [0.1, 0.15) is 16.1 Å². The molecule has 1 amide bonds. The number of carbonyl (C=O) groups excluding carboxylic acids is 1. The number of likely N-dealkylation sites (N-methyl/N-ethyl adjacent to an activating group) is 1. The predicted molar refractivity (Wildman–Crippen MR) is 45.3 cm³/mol. The maximum Gasteiger partial charge on any atom is 0.292 e. The molecule has 1 N–H and O–H groups in total. The van der Waals surface area contributed by atoms with Crippen LogP contribution in [0.15, 0.2) is 10.7 Å². The second-order valence-electron chi connectivity index (χ2n) is 2.79. The molecule has 0 saturated heterocycles. The summed E-state index contributed by atoms with van der Waals surface area (Å²) in [6, 6.07) is 0. The van der Waals surface area contributed by atoms with E-state index in [1.807, 2.05) is 0 Å². The highest BCUT2D eigenvalue weighted by molar-refractivity contribution is 5.92. The average molecular weight is 184 g/mol. The Balaban J connectivity index is 2.73. The zero-order chi connectivity index (χ0) is 9.84. The Morgan fingerprint density at radius 2 is 2.46 bits per heavy atom. The smallest absolute Gasteiger partial charge is 0.292 e. The highest BCUT2D eigenvalue weighted by atomic mass is 16.5. The van der Waals surface area contributed by atoms with Crippen molar-refractivity contribution >= 4 is 5.91 Å². The number of nitrogens with zero attached hydrogens (tertiary/aromatic N) is 2. The number of rotatable bonds is 3. The molecule has 72 valence electrons. The van der Waals surface area contributed by atoms with E-state index in [1.165, 1.54) is 11.1 Å². The van der Waals surface area contributed by atoms with E-state index in [-0.39, 0.29) is 18.3 Å². The van der Waals surface area contributed by atoms with Crippen LogP contribution < -0.4 is 0 Å². The van der Waals surface area contributed by atoms with Gasteiger partial charge in [0.05, 0.1) is 12.8 Å². The first kappa shape index (κ1) is 9.73. The van der Waals surface area contributed by atoms with Crippen LogP contribution in [0.5, 0.6) is 0 Å². The number of aromatic nitrogens is 1. The third kappa shape index (κ3) is 2.06. The van der Waals surface area contributed by atoms with Crippen molar-refractivity contribution in [2.24, 2.45) is 0 Å². The molecule has 0 spiro atoms. The number of hydrogen-bond acceptors (Lipinski definition) is 4. The molecule has 5 nitrogen and oxygen atoms in total. The molecule has 0 aliphatic rings. The van der Waals surface area contributed by atoms with Crippen molar-refractivity contribution in [3.63, 3.8) is 0 Å². The number of hydrogen-bond donors (Lipinski definition) is 1. The Hall–Kier alpha value is -1.36. The second-order valence-corrected chi connectivity index (χ2v) is 2.79. The number of amides is 1. The van der Waals surface area contributed by atoms with E-state index in [0.29, 0.717) is 12.1 Å². The summed E-state index contributed by atoms with van der Waals surface area (Å²) in [5, 5.41) is 12.1. The van der Waals surface area contributed by atoms with Crippen molar-refractivity contribution in [3.05, 3.63) is 17.5 Å². The summed E-state index contributed by atoms with van der Waals surface area (Å²) < 4.78 is 4.77. The SMILES string of the molecule is Cc1cnoc1C(=O)N(C)CCO. The van der Waals surface area contributed by atoms with E-state index < -0.39 is 0 Å². The van der Waals surface area contributed by atoms with E-state index in [9.17, 15) is 4.79 Å². The minimum Gasteiger partial charge on any atom is -0.395 e. The lowest BCUT2D eigenvalue weighted by molar-refractivity contribution is 0.0725. The molecule has 5 heteroatoms. The molecule has 1 heterocycles. The van der Waals surface area contributed by atoms with Gasteiger partial charge < -0.3 is 14.5 Å². The monoisotopic (exact) mass is 184 g/mol. The van der Waals surface area contributed by atoms with Gasteiger partial charge in [-0.2, -0.15) is 0 Å². The van der Waals surface area contributed by atoms with Gasteiger partial charge in [-0.15, -0.1) is 0 Å². The Labute approximate surface area is 75.9 Å². The average Bonchev–Trinajstić information content (AvgIpc) is 2.50. The van der Waals surface area contributed by atoms with Crippen LogP contribution in [-0.4, -0.2) is 41.3 Å². The van der Waals surface area contributed by atoms with E-state index in [2.05, 4.69) is 5.16 Å². The fourth-order valence-corrected chi connectivity index (χ4v) is 0.921. The number of aryl methyl sites for hydroxylation is 1. The molecule has 0 bridgehead atoms. The first-order chi connectivity index (χ1) is 6.16. The Morgan fingerprint density at radius 1 is 1.77 bits per heavy atom. The molecule has 1 rings (SSSR count).